The minimum absolute atomic E-state index is 0. The van der Waals surface area contributed by atoms with Crippen LogP contribution in [0.3, 0.4) is 0 Å². The van der Waals surface area contributed by atoms with Crippen molar-refractivity contribution in [2.45, 2.75) is 26.7 Å². The fraction of sp³-hybridized carbons (Fsp3) is 0.412. The van der Waals surface area contributed by atoms with Gasteiger partial charge in [-0.2, -0.15) is 0 Å². The van der Waals surface area contributed by atoms with Gasteiger partial charge in [-0.3, -0.25) is 0 Å². The molecule has 4 rings (SSSR count). The van der Waals surface area contributed by atoms with Crippen LogP contribution in [0.4, 0.5) is 30.6 Å². The second-order valence-corrected chi connectivity index (χ2v) is 13.0. The van der Waals surface area contributed by atoms with E-state index < -0.39 is 24.1 Å². The molecule has 0 N–H and O–H groups in total. The van der Waals surface area contributed by atoms with Crippen LogP contribution < -0.4 is 9.80 Å². The van der Waals surface area contributed by atoms with Gasteiger partial charge in [0.05, 0.1) is 78.2 Å². The van der Waals surface area contributed by atoms with E-state index in [2.05, 4.69) is 73.1 Å². The Morgan fingerprint density at radius 3 is 1.60 bits per heavy atom. The molecule has 0 saturated heterocycles. The first kappa shape index (κ1) is 42.8. The van der Waals surface area contributed by atoms with Gasteiger partial charge < -0.3 is 33.5 Å². The number of urea groups is 4. The molecule has 0 unspecified atom stereocenters. The summed E-state index contributed by atoms with van der Waals surface area (Å²) in [5, 5.41) is 21.2. The van der Waals surface area contributed by atoms with Crippen molar-refractivity contribution in [2.75, 3.05) is 78.4 Å². The lowest BCUT2D eigenvalue weighted by molar-refractivity contribution is -0.870. The largest absolute Gasteiger partial charge is 0.395 e. The molecule has 0 aliphatic carbocycles. The highest BCUT2D eigenvalue weighted by molar-refractivity contribution is 6.20. The number of hydrogen-bond donors (Lipinski definition) is 0. The minimum atomic E-state index is -0.705. The van der Waals surface area contributed by atoms with E-state index in [-0.39, 0.29) is 14.9 Å². The summed E-state index contributed by atoms with van der Waals surface area (Å²) in [6, 6.07) is 11.0. The van der Waals surface area contributed by atoms with E-state index in [0.29, 0.717) is 41.6 Å². The molecule has 2 heterocycles. The Labute approximate surface area is 294 Å². The molecule has 2 aliphatic heterocycles. The van der Waals surface area contributed by atoms with E-state index in [1.54, 1.807) is 56.3 Å². The Hall–Kier alpha value is -5.22. The van der Waals surface area contributed by atoms with Crippen molar-refractivity contribution >= 4 is 46.9 Å². The number of rotatable bonds is 14. The number of benzene rings is 2. The first-order valence-corrected chi connectivity index (χ1v) is 15.3. The summed E-state index contributed by atoms with van der Waals surface area (Å²) < 4.78 is 1.74. The highest BCUT2D eigenvalue weighted by atomic mass is 16.6. The van der Waals surface area contributed by atoms with Crippen molar-refractivity contribution in [1.82, 2.24) is 0 Å². The highest BCUT2D eigenvalue weighted by Crippen LogP contribution is 2.26. The standard InChI is InChI=1S/2C16H22N5O3.2CH3/c1-12(19-24-10-6-9-21(2,3)4)13-7-5-8-14(11-13)20-15(22)17-18-16(20)23;1-12(19-24-11-7-10-21(2,3)4)13-8-5-6-9-14(13)20-15(22)17-18-16(20)23;;/h5,7-8,11H,6,9-10H2,1-4H3;5-6,8-9H,7,10-11H2,1-4H3;2*1H3/q2*+1;2*-1/b2*19-12+;;. The zero-order valence-corrected chi connectivity index (χ0v) is 30.8. The zero-order chi connectivity index (χ0) is 35.5. The average molecular weight is 695 g/mol. The number of oxime groups is 2. The van der Waals surface area contributed by atoms with Crippen LogP contribution in [0.1, 0.15) is 37.8 Å². The average Bonchev–Trinajstić information content (AvgIpc) is 3.54. The van der Waals surface area contributed by atoms with Gasteiger partial charge in [-0.25, -0.2) is 29.0 Å². The number of nitrogens with zero attached hydrogens (tertiary/aromatic N) is 10. The molecule has 8 amide bonds. The van der Waals surface area contributed by atoms with Crippen molar-refractivity contribution in [3.8, 4) is 0 Å². The molecule has 0 bridgehead atoms. The lowest BCUT2D eigenvalue weighted by Gasteiger charge is -2.23. The van der Waals surface area contributed by atoms with E-state index in [1.165, 1.54) is 0 Å². The van der Waals surface area contributed by atoms with Crippen LogP contribution in [0.2, 0.25) is 0 Å². The number of quaternary nitrogens is 2. The Morgan fingerprint density at radius 1 is 0.640 bits per heavy atom. The molecule has 0 saturated carbocycles. The normalized spacial score (nSPS) is 14.7. The molecule has 50 heavy (non-hydrogen) atoms. The molecule has 2 aromatic carbocycles. The van der Waals surface area contributed by atoms with Crippen molar-refractivity contribution in [2.24, 2.45) is 30.8 Å². The lowest BCUT2D eigenvalue weighted by atomic mass is 10.1. The smallest absolute Gasteiger partial charge is 0.375 e. The Morgan fingerprint density at radius 2 is 1.10 bits per heavy atom. The predicted octanol–water partition coefficient (Wildman–Crippen LogP) is 6.97. The highest BCUT2D eigenvalue weighted by Gasteiger charge is 2.31. The fourth-order valence-corrected chi connectivity index (χ4v) is 4.38. The number of amides is 8. The molecule has 16 nitrogen and oxygen atoms in total. The zero-order valence-electron chi connectivity index (χ0n) is 30.8. The third kappa shape index (κ3) is 13.0. The number of para-hydroxylation sites is 1. The van der Waals surface area contributed by atoms with Gasteiger partial charge in [-0.05, 0) is 32.0 Å². The first-order chi connectivity index (χ1) is 22.6. The summed E-state index contributed by atoms with van der Waals surface area (Å²) in [6.07, 6.45) is 1.78. The topological polar surface area (TPSA) is 167 Å². The van der Waals surface area contributed by atoms with Crippen LogP contribution in [0.5, 0.6) is 0 Å². The Balaban J connectivity index is 0.000000481. The Bertz CT molecular complexity index is 1590. The molecular weight excluding hydrogens is 644 g/mol. The molecular formula is C34H50N10O6. The van der Waals surface area contributed by atoms with Crippen LogP contribution in [0.25, 0.3) is 0 Å². The first-order valence-electron chi connectivity index (χ1n) is 15.3. The molecule has 272 valence electrons. The van der Waals surface area contributed by atoms with Crippen LogP contribution in [-0.2, 0) is 9.68 Å². The van der Waals surface area contributed by atoms with Crippen LogP contribution in [0, 0.1) is 14.9 Å². The van der Waals surface area contributed by atoms with Crippen molar-refractivity contribution in [3.05, 3.63) is 74.5 Å². The SMILES string of the molecule is C/C(=N\OCCC[N+](C)(C)C)c1cccc(N2C(=O)N=NC2=O)c1.C/C(=N\OCCC[N+](C)(C)C)c1ccccc1N1C(=O)N=NC1=O.[CH3-].[CH3-]. The molecule has 0 atom stereocenters. The number of imide groups is 2. The van der Waals surface area contributed by atoms with Crippen molar-refractivity contribution < 1.29 is 37.8 Å². The van der Waals surface area contributed by atoms with Gasteiger partial charge in [0.2, 0.25) is 0 Å². The predicted molar refractivity (Wildman–Crippen MR) is 193 cm³/mol. The summed E-state index contributed by atoms with van der Waals surface area (Å²) in [4.78, 5) is 59.2. The van der Waals surface area contributed by atoms with E-state index in [4.69, 9.17) is 9.68 Å². The monoisotopic (exact) mass is 694 g/mol. The quantitative estimate of drug-likeness (QED) is 0.0680. The van der Waals surface area contributed by atoms with Crippen LogP contribution in [-0.4, -0.2) is 113 Å². The molecule has 0 aromatic heterocycles. The van der Waals surface area contributed by atoms with Gasteiger partial charge in [0, 0.05) is 24.0 Å². The van der Waals surface area contributed by atoms with Crippen molar-refractivity contribution in [3.63, 3.8) is 0 Å². The van der Waals surface area contributed by atoms with Gasteiger partial charge >= 0.3 is 24.1 Å². The van der Waals surface area contributed by atoms with Gasteiger partial charge in [-0.1, -0.05) is 61.1 Å². The molecule has 0 spiro atoms. The van der Waals surface area contributed by atoms with E-state index in [1.807, 2.05) is 6.07 Å². The lowest BCUT2D eigenvalue weighted by Crippen LogP contribution is -2.35. The molecule has 2 aliphatic rings. The van der Waals surface area contributed by atoms with E-state index in [9.17, 15) is 19.2 Å². The maximum absolute atomic E-state index is 11.7. The Kier molecular flexibility index (Phi) is 16.3. The number of azo groups is 2. The molecule has 0 radical (unpaired) electrons. The maximum Gasteiger partial charge on any atom is 0.375 e. The summed E-state index contributed by atoms with van der Waals surface area (Å²) in [7, 11) is 12.7. The molecule has 16 heteroatoms. The summed E-state index contributed by atoms with van der Waals surface area (Å²) in [5.41, 5.74) is 3.42. The summed E-state index contributed by atoms with van der Waals surface area (Å²) in [5.74, 6) is 0. The van der Waals surface area contributed by atoms with Gasteiger partial charge in [0.25, 0.3) is 0 Å². The summed E-state index contributed by atoms with van der Waals surface area (Å²) in [6.45, 7) is 6.58. The second-order valence-electron chi connectivity index (χ2n) is 13.0. The molecule has 2 aromatic rings. The fourth-order valence-electron chi connectivity index (χ4n) is 4.38. The number of carbonyl (C=O) groups excluding carboxylic acids is 4. The third-order valence-electron chi connectivity index (χ3n) is 6.80. The summed E-state index contributed by atoms with van der Waals surface area (Å²) >= 11 is 0. The van der Waals surface area contributed by atoms with Gasteiger partial charge in [0.15, 0.2) is 0 Å². The number of carbonyl (C=O) groups is 4. The van der Waals surface area contributed by atoms with Crippen molar-refractivity contribution in [1.29, 1.82) is 0 Å². The van der Waals surface area contributed by atoms with Gasteiger partial charge in [0.1, 0.15) is 13.2 Å². The molecule has 0 fully saturated rings. The van der Waals surface area contributed by atoms with Crippen LogP contribution in [0.15, 0.2) is 79.3 Å². The minimum Gasteiger partial charge on any atom is -0.395 e. The van der Waals surface area contributed by atoms with Crippen LogP contribution >= 0.6 is 0 Å². The third-order valence-corrected chi connectivity index (χ3v) is 6.80. The number of anilines is 2. The van der Waals surface area contributed by atoms with E-state index in [0.717, 1.165) is 50.3 Å². The van der Waals surface area contributed by atoms with E-state index >= 15 is 0 Å². The number of hydrogen-bond acceptors (Lipinski definition) is 8. The second kappa shape index (κ2) is 19.1. The maximum atomic E-state index is 11.7. The van der Waals surface area contributed by atoms with Gasteiger partial charge in [-0.15, -0.1) is 0 Å².